The van der Waals surface area contributed by atoms with Crippen LogP contribution in [-0.2, 0) is 0 Å². The van der Waals surface area contributed by atoms with Gasteiger partial charge in [-0.1, -0.05) is 11.2 Å². The fourth-order valence-electron chi connectivity index (χ4n) is 0.941. The summed E-state index contributed by atoms with van der Waals surface area (Å²) in [6, 6.07) is 3.58. The van der Waals surface area contributed by atoms with Gasteiger partial charge in [0.1, 0.15) is 0 Å². The molecule has 0 aromatic carbocycles. The number of hydrogen-bond donors (Lipinski definition) is 1. The Morgan fingerprint density at radius 3 is 3.21 bits per heavy atom. The minimum Gasteiger partial charge on any atom is -0.397 e. The van der Waals surface area contributed by atoms with Crippen molar-refractivity contribution in [3.8, 4) is 0 Å². The average molecular weight is 189 g/mol. The predicted octanol–water partition coefficient (Wildman–Crippen LogP) is 2.38. The van der Waals surface area contributed by atoms with Crippen molar-refractivity contribution < 1.29 is 0 Å². The van der Waals surface area contributed by atoms with Gasteiger partial charge in [-0.25, -0.2) is 0 Å². The van der Waals surface area contributed by atoms with Gasteiger partial charge < -0.3 is 5.73 Å². The molecule has 0 aliphatic carbocycles. The second kappa shape index (κ2) is 5.61. The van der Waals surface area contributed by atoms with Crippen LogP contribution < -0.4 is 5.73 Å². The molecule has 0 saturated heterocycles. The van der Waals surface area contributed by atoms with Crippen molar-refractivity contribution >= 4 is 11.8 Å². The van der Waals surface area contributed by atoms with Crippen LogP contribution in [0.5, 0.6) is 0 Å². The maximum absolute atomic E-state index is 8.03. The maximum Gasteiger partial charge on any atom is 0.0855 e. The molecule has 1 aromatic heterocycles. The summed E-state index contributed by atoms with van der Waals surface area (Å²) in [6.45, 7) is 0.458. The van der Waals surface area contributed by atoms with E-state index in [0.29, 0.717) is 18.7 Å². The van der Waals surface area contributed by atoms with Crippen LogP contribution in [0.4, 0.5) is 5.69 Å². The quantitative estimate of drug-likeness (QED) is 0.341. The van der Waals surface area contributed by atoms with Gasteiger partial charge in [0, 0.05) is 17.7 Å². The van der Waals surface area contributed by atoms with Crippen molar-refractivity contribution in [2.24, 2.45) is 5.11 Å². The first-order valence-electron chi connectivity index (χ1n) is 4.22. The summed E-state index contributed by atoms with van der Waals surface area (Å²) in [5.74, 6) is 0. The Hall–Kier alpha value is -2.00. The zero-order chi connectivity index (χ0) is 10.2. The van der Waals surface area contributed by atoms with Crippen LogP contribution in [-0.4, -0.2) is 11.5 Å². The monoisotopic (exact) mass is 189 g/mol. The molecule has 1 aromatic rings. The Bertz CT molecular complexity index is 365. The van der Waals surface area contributed by atoms with Crippen molar-refractivity contribution in [2.45, 2.75) is 6.42 Å². The highest BCUT2D eigenvalue weighted by molar-refractivity contribution is 5.59. The smallest absolute Gasteiger partial charge is 0.0855 e. The van der Waals surface area contributed by atoms with Crippen molar-refractivity contribution in [2.75, 3.05) is 12.3 Å². The third-order valence-corrected chi connectivity index (χ3v) is 1.61. The van der Waals surface area contributed by atoms with E-state index >= 15 is 0 Å². The molecule has 0 atom stereocenters. The first kappa shape index (κ1) is 10.1. The van der Waals surface area contributed by atoms with E-state index in [1.807, 2.05) is 12.2 Å². The van der Waals surface area contributed by atoms with Gasteiger partial charge in [0.25, 0.3) is 0 Å². The van der Waals surface area contributed by atoms with E-state index in [4.69, 9.17) is 11.3 Å². The summed E-state index contributed by atoms with van der Waals surface area (Å²) in [6.07, 6.45) is 6.08. The first-order valence-corrected chi connectivity index (χ1v) is 4.22. The molecule has 0 radical (unpaired) electrons. The zero-order valence-electron chi connectivity index (χ0n) is 7.67. The standard InChI is InChI=1S/C9H11N5/c10-8-4-3-6-12-9(8)5-1-2-7-13-14-11/h1,3-6H,2,7,10H2. The Morgan fingerprint density at radius 1 is 1.64 bits per heavy atom. The molecule has 0 aliphatic rings. The summed E-state index contributed by atoms with van der Waals surface area (Å²) in [5.41, 5.74) is 15.1. The highest BCUT2D eigenvalue weighted by Gasteiger charge is 1.91. The van der Waals surface area contributed by atoms with Crippen LogP contribution in [0.15, 0.2) is 29.5 Å². The molecule has 14 heavy (non-hydrogen) atoms. The molecule has 0 unspecified atom stereocenters. The van der Waals surface area contributed by atoms with Crippen molar-refractivity contribution in [1.29, 1.82) is 0 Å². The third-order valence-electron chi connectivity index (χ3n) is 1.61. The molecule has 0 saturated carbocycles. The minimum atomic E-state index is 0.458. The highest BCUT2D eigenvalue weighted by atomic mass is 15.1. The maximum atomic E-state index is 8.03. The number of nitrogens with two attached hydrogens (primary N) is 1. The fourth-order valence-corrected chi connectivity index (χ4v) is 0.941. The van der Waals surface area contributed by atoms with Gasteiger partial charge in [-0.2, -0.15) is 0 Å². The van der Waals surface area contributed by atoms with Gasteiger partial charge in [0.15, 0.2) is 0 Å². The topological polar surface area (TPSA) is 87.7 Å². The number of hydrogen-bond acceptors (Lipinski definition) is 3. The Labute approximate surface area is 81.9 Å². The lowest BCUT2D eigenvalue weighted by Crippen LogP contribution is -1.90. The molecule has 0 spiro atoms. The number of rotatable bonds is 4. The van der Waals surface area contributed by atoms with Gasteiger partial charge in [0.05, 0.1) is 11.4 Å². The van der Waals surface area contributed by atoms with Gasteiger partial charge in [-0.15, -0.1) is 0 Å². The van der Waals surface area contributed by atoms with Gasteiger partial charge in [-0.3, -0.25) is 4.98 Å². The fraction of sp³-hybridized carbons (Fsp3) is 0.222. The number of aromatic nitrogens is 1. The van der Waals surface area contributed by atoms with Crippen molar-refractivity contribution in [1.82, 2.24) is 4.98 Å². The Balaban J connectivity index is 2.51. The molecule has 1 rings (SSSR count). The summed E-state index contributed by atoms with van der Waals surface area (Å²) in [7, 11) is 0. The van der Waals surface area contributed by atoms with E-state index in [1.165, 1.54) is 0 Å². The second-order valence-corrected chi connectivity index (χ2v) is 2.62. The van der Waals surface area contributed by atoms with Crippen LogP contribution in [0.25, 0.3) is 16.5 Å². The van der Waals surface area contributed by atoms with Crippen LogP contribution in [0.1, 0.15) is 12.1 Å². The van der Waals surface area contributed by atoms with E-state index in [1.54, 1.807) is 18.3 Å². The van der Waals surface area contributed by atoms with Crippen LogP contribution in [0, 0.1) is 0 Å². The summed E-state index contributed by atoms with van der Waals surface area (Å²) in [4.78, 5) is 6.73. The van der Waals surface area contributed by atoms with E-state index < -0.39 is 0 Å². The summed E-state index contributed by atoms with van der Waals surface area (Å²) in [5, 5.41) is 3.40. The molecule has 2 N–H and O–H groups in total. The summed E-state index contributed by atoms with van der Waals surface area (Å²) >= 11 is 0. The lowest BCUT2D eigenvalue weighted by atomic mass is 10.2. The summed E-state index contributed by atoms with van der Waals surface area (Å²) < 4.78 is 0. The van der Waals surface area contributed by atoms with E-state index in [0.717, 1.165) is 5.69 Å². The molecule has 0 bridgehead atoms. The highest BCUT2D eigenvalue weighted by Crippen LogP contribution is 2.08. The minimum absolute atomic E-state index is 0.458. The molecule has 0 fully saturated rings. The zero-order valence-corrected chi connectivity index (χ0v) is 7.67. The molecular formula is C9H11N5. The second-order valence-electron chi connectivity index (χ2n) is 2.62. The van der Waals surface area contributed by atoms with Gasteiger partial charge >= 0.3 is 0 Å². The first-order chi connectivity index (χ1) is 6.84. The van der Waals surface area contributed by atoms with Gasteiger partial charge in [-0.05, 0) is 30.2 Å². The predicted molar refractivity (Wildman–Crippen MR) is 56.3 cm³/mol. The number of anilines is 1. The SMILES string of the molecule is [N-]=[N+]=NCCC=Cc1ncccc1N. The molecule has 72 valence electrons. The number of nitrogens with zero attached hydrogens (tertiary/aromatic N) is 4. The molecule has 1 heterocycles. The lowest BCUT2D eigenvalue weighted by Gasteiger charge is -1.96. The average Bonchev–Trinajstić information content (AvgIpc) is 2.20. The molecule has 0 amide bonds. The molecule has 5 nitrogen and oxygen atoms in total. The van der Waals surface area contributed by atoms with Crippen molar-refractivity contribution in [3.63, 3.8) is 0 Å². The third kappa shape index (κ3) is 3.16. The van der Waals surface area contributed by atoms with Crippen LogP contribution in [0.3, 0.4) is 0 Å². The molecule has 5 heteroatoms. The Kier molecular flexibility index (Phi) is 4.04. The number of azide groups is 1. The molecular weight excluding hydrogens is 178 g/mol. The normalized spacial score (nSPS) is 10.0. The number of nitrogen functional groups attached to an aromatic ring is 1. The van der Waals surface area contributed by atoms with Crippen LogP contribution >= 0.6 is 0 Å². The number of pyridine rings is 1. The largest absolute Gasteiger partial charge is 0.397 e. The van der Waals surface area contributed by atoms with Gasteiger partial charge in [0.2, 0.25) is 0 Å². The van der Waals surface area contributed by atoms with E-state index in [2.05, 4.69) is 15.0 Å². The van der Waals surface area contributed by atoms with E-state index in [9.17, 15) is 0 Å². The van der Waals surface area contributed by atoms with Crippen LogP contribution in [0.2, 0.25) is 0 Å². The lowest BCUT2D eigenvalue weighted by molar-refractivity contribution is 0.995. The van der Waals surface area contributed by atoms with Crippen molar-refractivity contribution in [3.05, 3.63) is 40.5 Å². The molecule has 0 aliphatic heterocycles. The van der Waals surface area contributed by atoms with E-state index in [-0.39, 0.29) is 0 Å². The Morgan fingerprint density at radius 2 is 2.50 bits per heavy atom.